The van der Waals surface area contributed by atoms with Crippen molar-refractivity contribution < 1.29 is 9.84 Å². The van der Waals surface area contributed by atoms with Gasteiger partial charge in [-0.05, 0) is 53.6 Å². The van der Waals surface area contributed by atoms with E-state index in [4.69, 9.17) is 4.74 Å². The molecule has 0 saturated carbocycles. The molecule has 0 aromatic heterocycles. The predicted molar refractivity (Wildman–Crippen MR) is 69.0 cm³/mol. The summed E-state index contributed by atoms with van der Waals surface area (Å²) in [5, 5.41) is 9.67. The van der Waals surface area contributed by atoms with Gasteiger partial charge in [0.2, 0.25) is 0 Å². The number of phenols is 1. The van der Waals surface area contributed by atoms with E-state index in [1.54, 1.807) is 7.11 Å². The van der Waals surface area contributed by atoms with Gasteiger partial charge in [0.1, 0.15) is 0 Å². The van der Waals surface area contributed by atoms with Crippen molar-refractivity contribution in [3.05, 3.63) is 22.2 Å². The Balaban J connectivity index is 2.85. The van der Waals surface area contributed by atoms with Gasteiger partial charge in [-0.25, -0.2) is 0 Å². The van der Waals surface area contributed by atoms with Gasteiger partial charge >= 0.3 is 0 Å². The summed E-state index contributed by atoms with van der Waals surface area (Å²) < 4.78 is 5.78. The normalized spacial score (nSPS) is 10.8. The largest absolute Gasteiger partial charge is 0.503 e. The van der Waals surface area contributed by atoms with Crippen molar-refractivity contribution in [1.29, 1.82) is 0 Å². The van der Waals surface area contributed by atoms with E-state index in [0.717, 1.165) is 25.1 Å². The van der Waals surface area contributed by atoms with E-state index in [2.05, 4.69) is 34.8 Å². The van der Waals surface area contributed by atoms with Crippen molar-refractivity contribution in [2.75, 3.05) is 20.7 Å². The molecule has 0 amide bonds. The predicted octanol–water partition coefficient (Wildman–Crippen LogP) is 3.01. The minimum atomic E-state index is 0.157. The molecule has 0 heterocycles. The summed E-state index contributed by atoms with van der Waals surface area (Å²) in [7, 11) is 3.64. The van der Waals surface area contributed by atoms with Gasteiger partial charge in [-0.1, -0.05) is 6.92 Å². The lowest BCUT2D eigenvalue weighted by molar-refractivity contribution is 0.325. The maximum absolute atomic E-state index is 9.67. The first-order valence-corrected chi connectivity index (χ1v) is 6.11. The maximum Gasteiger partial charge on any atom is 0.172 e. The fraction of sp³-hybridized carbons (Fsp3) is 0.500. The Kier molecular flexibility index (Phi) is 5.09. The average Bonchev–Trinajstić information content (AvgIpc) is 2.23. The van der Waals surface area contributed by atoms with E-state index in [9.17, 15) is 5.11 Å². The van der Waals surface area contributed by atoms with Crippen LogP contribution in [0.3, 0.4) is 0 Å². The first kappa shape index (κ1) is 13.3. The van der Waals surface area contributed by atoms with Crippen LogP contribution in [-0.2, 0) is 6.54 Å². The van der Waals surface area contributed by atoms with Crippen molar-refractivity contribution in [1.82, 2.24) is 4.90 Å². The number of benzene rings is 1. The highest BCUT2D eigenvalue weighted by Gasteiger charge is 2.09. The maximum atomic E-state index is 9.67. The Bertz CT molecular complexity index is 355. The number of halogens is 1. The van der Waals surface area contributed by atoms with Crippen LogP contribution >= 0.6 is 15.9 Å². The lowest BCUT2D eigenvalue weighted by Crippen LogP contribution is -2.18. The second-order valence-electron chi connectivity index (χ2n) is 3.87. The van der Waals surface area contributed by atoms with Gasteiger partial charge in [-0.2, -0.15) is 0 Å². The SMILES string of the molecule is CCCN(C)Cc1cc(Br)c(O)c(OC)c1. The Morgan fingerprint density at radius 1 is 1.44 bits per heavy atom. The van der Waals surface area contributed by atoms with Crippen LogP contribution in [-0.4, -0.2) is 30.7 Å². The zero-order valence-corrected chi connectivity index (χ0v) is 11.5. The number of hydrogen-bond acceptors (Lipinski definition) is 3. The molecule has 1 aromatic carbocycles. The summed E-state index contributed by atoms with van der Waals surface area (Å²) in [6, 6.07) is 3.79. The molecule has 0 atom stereocenters. The number of methoxy groups -OCH3 is 1. The molecule has 0 unspecified atom stereocenters. The van der Waals surface area contributed by atoms with Gasteiger partial charge in [0, 0.05) is 6.54 Å². The fourth-order valence-corrected chi connectivity index (χ4v) is 2.14. The van der Waals surface area contributed by atoms with Crippen LogP contribution < -0.4 is 4.74 Å². The monoisotopic (exact) mass is 287 g/mol. The molecule has 0 aliphatic carbocycles. The molecule has 0 radical (unpaired) electrons. The number of hydrogen-bond donors (Lipinski definition) is 1. The van der Waals surface area contributed by atoms with E-state index < -0.39 is 0 Å². The summed E-state index contributed by atoms with van der Waals surface area (Å²) in [6.45, 7) is 4.06. The quantitative estimate of drug-likeness (QED) is 0.904. The molecule has 90 valence electrons. The number of rotatable bonds is 5. The summed E-state index contributed by atoms with van der Waals surface area (Å²) in [5.74, 6) is 0.665. The second-order valence-corrected chi connectivity index (χ2v) is 4.72. The lowest BCUT2D eigenvalue weighted by atomic mass is 10.2. The third-order valence-electron chi connectivity index (χ3n) is 2.37. The third kappa shape index (κ3) is 3.39. The van der Waals surface area contributed by atoms with Crippen molar-refractivity contribution in [3.63, 3.8) is 0 Å². The van der Waals surface area contributed by atoms with Crippen LogP contribution in [0.25, 0.3) is 0 Å². The van der Waals surface area contributed by atoms with Crippen LogP contribution in [0.15, 0.2) is 16.6 Å². The van der Waals surface area contributed by atoms with E-state index in [1.807, 2.05) is 12.1 Å². The molecule has 1 N–H and O–H groups in total. The average molecular weight is 288 g/mol. The molecule has 0 aliphatic heterocycles. The first-order chi connectivity index (χ1) is 7.58. The fourth-order valence-electron chi connectivity index (χ4n) is 1.65. The first-order valence-electron chi connectivity index (χ1n) is 5.32. The van der Waals surface area contributed by atoms with Crippen LogP contribution in [0, 0.1) is 0 Å². The molecule has 0 saturated heterocycles. The number of phenolic OH excluding ortho intramolecular Hbond substituents is 1. The van der Waals surface area contributed by atoms with Crippen molar-refractivity contribution in [2.45, 2.75) is 19.9 Å². The molecule has 0 bridgehead atoms. The Labute approximate surface area is 105 Å². The standard InChI is InChI=1S/C12H18BrNO2/c1-4-5-14(2)8-9-6-10(13)12(15)11(7-9)16-3/h6-7,15H,4-5,8H2,1-3H3. The molecule has 0 aliphatic rings. The van der Waals surface area contributed by atoms with E-state index in [0.29, 0.717) is 10.2 Å². The zero-order valence-electron chi connectivity index (χ0n) is 9.96. The minimum Gasteiger partial charge on any atom is -0.503 e. The number of ether oxygens (including phenoxy) is 1. The number of aromatic hydroxyl groups is 1. The highest BCUT2D eigenvalue weighted by atomic mass is 79.9. The summed E-state index contributed by atoms with van der Waals surface area (Å²) in [4.78, 5) is 2.23. The van der Waals surface area contributed by atoms with Gasteiger partial charge in [0.15, 0.2) is 11.5 Å². The molecule has 16 heavy (non-hydrogen) atoms. The van der Waals surface area contributed by atoms with Gasteiger partial charge in [0.05, 0.1) is 11.6 Å². The van der Waals surface area contributed by atoms with E-state index in [1.165, 1.54) is 0 Å². The van der Waals surface area contributed by atoms with Crippen molar-refractivity contribution >= 4 is 15.9 Å². The topological polar surface area (TPSA) is 32.7 Å². The second kappa shape index (κ2) is 6.11. The highest BCUT2D eigenvalue weighted by molar-refractivity contribution is 9.10. The van der Waals surface area contributed by atoms with Crippen LogP contribution in [0.2, 0.25) is 0 Å². The molecular formula is C12H18BrNO2. The van der Waals surface area contributed by atoms with Gasteiger partial charge in [0.25, 0.3) is 0 Å². The van der Waals surface area contributed by atoms with Gasteiger partial charge < -0.3 is 14.7 Å². The molecule has 1 aromatic rings. The zero-order chi connectivity index (χ0) is 12.1. The van der Waals surface area contributed by atoms with E-state index in [-0.39, 0.29) is 5.75 Å². The molecular weight excluding hydrogens is 270 g/mol. The van der Waals surface area contributed by atoms with Gasteiger partial charge in [-0.15, -0.1) is 0 Å². The number of nitrogens with zero attached hydrogens (tertiary/aromatic N) is 1. The molecule has 0 spiro atoms. The van der Waals surface area contributed by atoms with E-state index >= 15 is 0 Å². The minimum absolute atomic E-state index is 0.157. The molecule has 1 rings (SSSR count). The Hall–Kier alpha value is -0.740. The molecule has 4 heteroatoms. The molecule has 3 nitrogen and oxygen atoms in total. The summed E-state index contributed by atoms with van der Waals surface area (Å²) in [5.41, 5.74) is 1.12. The third-order valence-corrected chi connectivity index (χ3v) is 2.97. The summed E-state index contributed by atoms with van der Waals surface area (Å²) in [6.07, 6.45) is 1.13. The Morgan fingerprint density at radius 3 is 2.69 bits per heavy atom. The van der Waals surface area contributed by atoms with Crippen LogP contribution in [0.5, 0.6) is 11.5 Å². The van der Waals surface area contributed by atoms with Crippen molar-refractivity contribution in [2.24, 2.45) is 0 Å². The Morgan fingerprint density at radius 2 is 2.12 bits per heavy atom. The lowest BCUT2D eigenvalue weighted by Gasteiger charge is -2.16. The molecule has 0 fully saturated rings. The van der Waals surface area contributed by atoms with Crippen molar-refractivity contribution in [3.8, 4) is 11.5 Å². The smallest absolute Gasteiger partial charge is 0.172 e. The summed E-state index contributed by atoms with van der Waals surface area (Å²) >= 11 is 3.32. The highest BCUT2D eigenvalue weighted by Crippen LogP contribution is 2.35. The van der Waals surface area contributed by atoms with Crippen LogP contribution in [0.4, 0.5) is 0 Å². The van der Waals surface area contributed by atoms with Crippen LogP contribution in [0.1, 0.15) is 18.9 Å². The van der Waals surface area contributed by atoms with Gasteiger partial charge in [-0.3, -0.25) is 0 Å².